The van der Waals surface area contributed by atoms with E-state index < -0.39 is 59.4 Å². The van der Waals surface area contributed by atoms with Crippen molar-refractivity contribution < 1.29 is 42.1 Å². The van der Waals surface area contributed by atoms with Crippen LogP contribution in [-0.2, 0) is 27.1 Å². The molecule has 1 aromatic carbocycles. The van der Waals surface area contributed by atoms with E-state index in [0.29, 0.717) is 16.2 Å². The molecule has 0 aliphatic carbocycles. The number of likely N-dealkylation sites (tertiary alicyclic amines) is 1. The molecule has 41 heavy (non-hydrogen) atoms. The molecule has 1 saturated heterocycles. The maximum absolute atomic E-state index is 13.7. The molecular formula is C29H34BrF3N2O6. The summed E-state index contributed by atoms with van der Waals surface area (Å²) in [7, 11) is 1.28. The van der Waals surface area contributed by atoms with Gasteiger partial charge in [0.2, 0.25) is 5.88 Å². The first-order valence-electron chi connectivity index (χ1n) is 12.9. The lowest BCUT2D eigenvalue weighted by atomic mass is 9.66. The van der Waals surface area contributed by atoms with Crippen LogP contribution in [0.25, 0.3) is 0 Å². The number of hydrogen-bond donors (Lipinski definition) is 1. The number of carbonyl (C=O) groups is 2. The Hall–Kier alpha value is -3.12. The Bertz CT molecular complexity index is 1280. The number of alkyl halides is 3. The second-order valence-corrected chi connectivity index (χ2v) is 11.6. The summed E-state index contributed by atoms with van der Waals surface area (Å²) in [6.45, 7) is 10.2. The molecule has 1 aliphatic heterocycles. The highest BCUT2D eigenvalue weighted by atomic mass is 79.9. The number of carboxylic acids is 1. The highest BCUT2D eigenvalue weighted by molar-refractivity contribution is 9.10. The van der Waals surface area contributed by atoms with Crippen LogP contribution in [0.3, 0.4) is 0 Å². The lowest BCUT2D eigenvalue weighted by molar-refractivity contribution is -0.156. The van der Waals surface area contributed by atoms with E-state index in [0.717, 1.165) is 6.07 Å². The van der Waals surface area contributed by atoms with E-state index in [2.05, 4.69) is 27.5 Å². The third-order valence-corrected chi connectivity index (χ3v) is 8.05. The van der Waals surface area contributed by atoms with Crippen LogP contribution in [0.1, 0.15) is 56.8 Å². The van der Waals surface area contributed by atoms with Gasteiger partial charge in [0.25, 0.3) is 0 Å². The van der Waals surface area contributed by atoms with Crippen molar-refractivity contribution in [1.82, 2.24) is 9.88 Å². The number of nitrogens with zero attached hydrogens (tertiary/aromatic N) is 2. The van der Waals surface area contributed by atoms with Gasteiger partial charge in [-0.15, -0.1) is 0 Å². The number of aromatic nitrogens is 1. The average molecular weight is 643 g/mol. The number of aliphatic carboxylic acids is 1. The predicted molar refractivity (Wildman–Crippen MR) is 148 cm³/mol. The van der Waals surface area contributed by atoms with Crippen molar-refractivity contribution in [3.63, 3.8) is 0 Å². The van der Waals surface area contributed by atoms with Crippen LogP contribution in [0.5, 0.6) is 5.88 Å². The fraction of sp³-hybridized carbons (Fsp3) is 0.483. The van der Waals surface area contributed by atoms with Crippen LogP contribution < -0.4 is 4.74 Å². The number of carbonyl (C=O) groups excluding carboxylic acids is 1. The zero-order valence-corrected chi connectivity index (χ0v) is 25.1. The van der Waals surface area contributed by atoms with E-state index in [9.17, 15) is 27.9 Å². The third kappa shape index (κ3) is 6.23. The van der Waals surface area contributed by atoms with Crippen molar-refractivity contribution in [2.45, 2.75) is 64.6 Å². The molecule has 2 aromatic rings. The lowest BCUT2D eigenvalue weighted by Crippen LogP contribution is -2.59. The first kappa shape index (κ1) is 32.4. The van der Waals surface area contributed by atoms with Gasteiger partial charge in [-0.05, 0) is 29.5 Å². The van der Waals surface area contributed by atoms with Crippen molar-refractivity contribution in [2.75, 3.05) is 13.7 Å². The fourth-order valence-electron chi connectivity index (χ4n) is 5.81. The molecule has 0 unspecified atom stereocenters. The van der Waals surface area contributed by atoms with Gasteiger partial charge in [0.15, 0.2) is 0 Å². The molecule has 1 aliphatic rings. The predicted octanol–water partition coefficient (Wildman–Crippen LogP) is 7.03. The van der Waals surface area contributed by atoms with Gasteiger partial charge >= 0.3 is 18.2 Å². The molecule has 1 aromatic heterocycles. The van der Waals surface area contributed by atoms with Crippen LogP contribution in [-0.4, -0.2) is 52.4 Å². The molecule has 0 saturated carbocycles. The van der Waals surface area contributed by atoms with E-state index in [4.69, 9.17) is 14.2 Å². The van der Waals surface area contributed by atoms with Crippen molar-refractivity contribution >= 4 is 28.0 Å². The van der Waals surface area contributed by atoms with Gasteiger partial charge in [-0.2, -0.15) is 13.2 Å². The molecule has 0 spiro atoms. The monoisotopic (exact) mass is 642 g/mol. The van der Waals surface area contributed by atoms with E-state index in [-0.39, 0.29) is 24.5 Å². The number of amides is 1. The number of benzene rings is 1. The second-order valence-electron chi connectivity index (χ2n) is 10.8. The van der Waals surface area contributed by atoms with Crippen LogP contribution >= 0.6 is 15.9 Å². The Labute approximate surface area is 245 Å². The van der Waals surface area contributed by atoms with E-state index in [1.165, 1.54) is 18.1 Å². The second kappa shape index (κ2) is 12.4. The number of methoxy groups -OCH3 is 1. The Morgan fingerprint density at radius 1 is 1.24 bits per heavy atom. The standard InChI is InChI=1S/C29H34BrF3N2O6/c1-7-13-40-26(38)35-21(19-11-9-10-12-20(19)30)22(23(27(3,4)5)28(35,8-2)25(36)37)41-16-17-14-18(29(31,32)33)15-34-24(17)39-6/h7,9-12,14-15,21-23H,1,8,13,16H2,2-6H3,(H,36,37)/t21-,22-,23+,28-/m0/s1. The maximum Gasteiger partial charge on any atom is 0.417 e. The highest BCUT2D eigenvalue weighted by Crippen LogP contribution is 2.57. The van der Waals surface area contributed by atoms with Gasteiger partial charge in [0, 0.05) is 22.2 Å². The van der Waals surface area contributed by atoms with Gasteiger partial charge in [-0.25, -0.2) is 14.6 Å². The summed E-state index contributed by atoms with van der Waals surface area (Å²) in [5.74, 6) is -2.16. The molecule has 12 heteroatoms. The van der Waals surface area contributed by atoms with Crippen molar-refractivity contribution in [3.05, 3.63) is 70.3 Å². The quantitative estimate of drug-likeness (QED) is 0.293. The molecule has 4 atom stereocenters. The average Bonchev–Trinajstić information content (AvgIpc) is 3.21. The largest absolute Gasteiger partial charge is 0.481 e. The van der Waals surface area contributed by atoms with Crippen LogP contribution in [0.4, 0.5) is 18.0 Å². The SMILES string of the molecule is C=CCOC(=O)N1[C@@H](c2ccccc2Br)[C@H](OCc2cc(C(F)(F)F)cnc2OC)[C@H](C(C)(C)C)[C@@]1(CC)C(=O)O. The van der Waals surface area contributed by atoms with Crippen LogP contribution in [0, 0.1) is 11.3 Å². The number of rotatable bonds is 9. The number of ether oxygens (including phenoxy) is 3. The maximum atomic E-state index is 13.7. The molecule has 2 heterocycles. The van der Waals surface area contributed by atoms with E-state index in [1.54, 1.807) is 31.2 Å². The number of carboxylic acid groups (broad SMARTS) is 1. The number of halogens is 4. The minimum atomic E-state index is -4.65. The summed E-state index contributed by atoms with van der Waals surface area (Å²) in [4.78, 5) is 31.9. The summed E-state index contributed by atoms with van der Waals surface area (Å²) in [5, 5.41) is 10.8. The Morgan fingerprint density at radius 2 is 1.90 bits per heavy atom. The number of hydrogen-bond acceptors (Lipinski definition) is 6. The van der Waals surface area contributed by atoms with Crippen molar-refractivity contribution in [1.29, 1.82) is 0 Å². The van der Waals surface area contributed by atoms with Gasteiger partial charge in [0.05, 0.1) is 31.4 Å². The smallest absolute Gasteiger partial charge is 0.417 e. The summed E-state index contributed by atoms with van der Waals surface area (Å²) >= 11 is 3.53. The summed E-state index contributed by atoms with van der Waals surface area (Å²) in [5.41, 5.74) is -2.97. The molecule has 0 radical (unpaired) electrons. The molecule has 1 N–H and O–H groups in total. The van der Waals surface area contributed by atoms with Gasteiger partial charge in [-0.3, -0.25) is 4.90 Å². The van der Waals surface area contributed by atoms with E-state index >= 15 is 0 Å². The molecule has 1 fully saturated rings. The molecule has 224 valence electrons. The van der Waals surface area contributed by atoms with Gasteiger partial charge in [0.1, 0.15) is 12.1 Å². The van der Waals surface area contributed by atoms with Gasteiger partial charge in [-0.1, -0.05) is 74.5 Å². The fourth-order valence-corrected chi connectivity index (χ4v) is 6.33. The Kier molecular flexibility index (Phi) is 9.80. The van der Waals surface area contributed by atoms with Crippen molar-refractivity contribution in [3.8, 4) is 5.88 Å². The summed E-state index contributed by atoms with van der Waals surface area (Å²) < 4.78 is 58.2. The normalized spacial score (nSPS) is 22.9. The van der Waals surface area contributed by atoms with E-state index in [1.807, 2.05) is 20.8 Å². The van der Waals surface area contributed by atoms with Crippen LogP contribution in [0.2, 0.25) is 0 Å². The van der Waals surface area contributed by atoms with Crippen LogP contribution in [0.15, 0.2) is 53.7 Å². The highest BCUT2D eigenvalue weighted by Gasteiger charge is 2.68. The first-order chi connectivity index (χ1) is 19.1. The van der Waals surface area contributed by atoms with Gasteiger partial charge < -0.3 is 19.3 Å². The Morgan fingerprint density at radius 3 is 2.41 bits per heavy atom. The number of pyridine rings is 1. The Balaban J connectivity index is 2.27. The molecule has 1 amide bonds. The summed E-state index contributed by atoms with van der Waals surface area (Å²) in [6, 6.07) is 6.89. The molecule has 0 bridgehead atoms. The molecule has 3 rings (SSSR count). The molecule has 8 nitrogen and oxygen atoms in total. The minimum absolute atomic E-state index is 0.00269. The zero-order chi connectivity index (χ0) is 30.8. The molecular weight excluding hydrogens is 609 g/mol. The minimum Gasteiger partial charge on any atom is -0.481 e. The topological polar surface area (TPSA) is 98.2 Å². The first-order valence-corrected chi connectivity index (χ1v) is 13.7. The summed E-state index contributed by atoms with van der Waals surface area (Å²) in [6.07, 6.45) is -4.49. The third-order valence-electron chi connectivity index (χ3n) is 7.33. The lowest BCUT2D eigenvalue weighted by Gasteiger charge is -2.43. The zero-order valence-electron chi connectivity index (χ0n) is 23.5. The van der Waals surface area contributed by atoms with Crippen molar-refractivity contribution in [2.24, 2.45) is 11.3 Å².